The lowest BCUT2D eigenvalue weighted by atomic mass is 10.2. The van der Waals surface area contributed by atoms with E-state index in [1.54, 1.807) is 24.0 Å². The highest BCUT2D eigenvalue weighted by Gasteiger charge is 2.09. The Morgan fingerprint density at radius 1 is 1.30 bits per heavy atom. The number of carbonyl (C=O) groups excluding carboxylic acids is 2. The van der Waals surface area contributed by atoms with Crippen LogP contribution in [0, 0.1) is 0 Å². The van der Waals surface area contributed by atoms with Crippen molar-refractivity contribution < 1.29 is 9.59 Å². The molecule has 0 aliphatic carbocycles. The molecule has 0 spiro atoms. The average molecular weight is 341 g/mol. The summed E-state index contributed by atoms with van der Waals surface area (Å²) in [6.45, 7) is 5.42. The number of benzene rings is 1. The molecule has 0 unspecified atom stereocenters. The number of nitrogens with zero attached hydrogens (tertiary/aromatic N) is 1. The summed E-state index contributed by atoms with van der Waals surface area (Å²) in [7, 11) is 0. The lowest BCUT2D eigenvalue weighted by Gasteiger charge is -2.20. The van der Waals surface area contributed by atoms with E-state index in [-0.39, 0.29) is 11.8 Å². The fraction of sp³-hybridized carbons (Fsp3) is 0.467. The number of hydrogen-bond acceptors (Lipinski definition) is 2. The van der Waals surface area contributed by atoms with Crippen LogP contribution in [0.15, 0.2) is 28.7 Å². The molecule has 5 heteroatoms. The van der Waals surface area contributed by atoms with E-state index in [4.69, 9.17) is 0 Å². The molecule has 0 aromatic heterocycles. The van der Waals surface area contributed by atoms with Gasteiger partial charge < -0.3 is 10.2 Å². The van der Waals surface area contributed by atoms with Crippen LogP contribution in [0.25, 0.3) is 0 Å². The van der Waals surface area contributed by atoms with Gasteiger partial charge in [-0.15, -0.1) is 0 Å². The molecule has 1 rings (SSSR count). The molecule has 0 aliphatic heterocycles. The van der Waals surface area contributed by atoms with Crippen LogP contribution < -0.4 is 5.32 Å². The van der Waals surface area contributed by atoms with Crippen molar-refractivity contribution in [2.45, 2.75) is 26.7 Å². The van der Waals surface area contributed by atoms with Crippen molar-refractivity contribution in [2.75, 3.05) is 19.6 Å². The Bertz CT molecular complexity index is 463. The van der Waals surface area contributed by atoms with Gasteiger partial charge >= 0.3 is 0 Å². The average Bonchev–Trinajstić information content (AvgIpc) is 2.42. The predicted octanol–water partition coefficient (Wildman–Crippen LogP) is 2.83. The molecule has 0 fully saturated rings. The molecule has 0 bridgehead atoms. The number of hydrogen-bond donors (Lipinski definition) is 1. The summed E-state index contributed by atoms with van der Waals surface area (Å²) < 4.78 is 0.874. The molecule has 0 radical (unpaired) electrons. The summed E-state index contributed by atoms with van der Waals surface area (Å²) >= 11 is 3.34. The number of carbonyl (C=O) groups is 2. The van der Waals surface area contributed by atoms with Gasteiger partial charge in [0.2, 0.25) is 5.91 Å². The molecule has 2 amide bonds. The second kappa shape index (κ2) is 8.74. The molecule has 0 saturated carbocycles. The second-order valence-corrected chi connectivity index (χ2v) is 5.54. The van der Waals surface area contributed by atoms with E-state index in [1.807, 2.05) is 12.1 Å². The maximum Gasteiger partial charge on any atom is 0.251 e. The second-order valence-electron chi connectivity index (χ2n) is 4.63. The largest absolute Gasteiger partial charge is 0.350 e. The standard InChI is InChI=1S/C15H21BrN2O2/c1-3-4-9-18(12(2)19)10-8-17-15(20)13-6-5-7-14(16)11-13/h5-7,11H,3-4,8-10H2,1-2H3,(H,17,20). The van der Waals surface area contributed by atoms with E-state index < -0.39 is 0 Å². The van der Waals surface area contributed by atoms with Crippen molar-refractivity contribution in [1.29, 1.82) is 0 Å². The summed E-state index contributed by atoms with van der Waals surface area (Å²) in [6, 6.07) is 7.23. The summed E-state index contributed by atoms with van der Waals surface area (Å²) in [6.07, 6.45) is 2.04. The van der Waals surface area contributed by atoms with Crippen molar-refractivity contribution in [3.05, 3.63) is 34.3 Å². The van der Waals surface area contributed by atoms with Gasteiger partial charge in [-0.3, -0.25) is 9.59 Å². The van der Waals surface area contributed by atoms with Gasteiger partial charge in [-0.1, -0.05) is 35.3 Å². The fourth-order valence-corrected chi connectivity index (χ4v) is 2.21. The van der Waals surface area contributed by atoms with Gasteiger partial charge in [-0.25, -0.2) is 0 Å². The molecule has 1 aromatic rings. The third-order valence-corrected chi connectivity index (χ3v) is 3.47. The highest BCUT2D eigenvalue weighted by molar-refractivity contribution is 9.10. The van der Waals surface area contributed by atoms with Gasteiger partial charge in [0.1, 0.15) is 0 Å². The monoisotopic (exact) mass is 340 g/mol. The van der Waals surface area contributed by atoms with Crippen molar-refractivity contribution in [2.24, 2.45) is 0 Å². The maximum absolute atomic E-state index is 11.9. The van der Waals surface area contributed by atoms with Crippen LogP contribution in [0.3, 0.4) is 0 Å². The minimum Gasteiger partial charge on any atom is -0.350 e. The molecule has 1 N–H and O–H groups in total. The molecule has 0 atom stereocenters. The lowest BCUT2D eigenvalue weighted by molar-refractivity contribution is -0.128. The Balaban J connectivity index is 2.42. The molecule has 110 valence electrons. The number of halogens is 1. The highest BCUT2D eigenvalue weighted by atomic mass is 79.9. The zero-order valence-corrected chi connectivity index (χ0v) is 13.6. The first-order valence-corrected chi connectivity index (χ1v) is 7.63. The minimum atomic E-state index is -0.120. The van der Waals surface area contributed by atoms with Crippen molar-refractivity contribution in [3.63, 3.8) is 0 Å². The van der Waals surface area contributed by atoms with Gasteiger partial charge in [0.15, 0.2) is 0 Å². The fourth-order valence-electron chi connectivity index (χ4n) is 1.81. The molecule has 0 heterocycles. The van der Waals surface area contributed by atoms with Crippen LogP contribution >= 0.6 is 15.9 Å². The summed E-state index contributed by atoms with van der Waals surface area (Å²) in [5.74, 6) is -0.0690. The summed E-state index contributed by atoms with van der Waals surface area (Å²) in [4.78, 5) is 25.1. The number of nitrogens with one attached hydrogen (secondary N) is 1. The first kappa shape index (κ1) is 16.7. The van der Waals surface area contributed by atoms with Crippen LogP contribution in [0.2, 0.25) is 0 Å². The van der Waals surface area contributed by atoms with Crippen molar-refractivity contribution in [3.8, 4) is 0 Å². The van der Waals surface area contributed by atoms with Crippen LogP contribution in [0.4, 0.5) is 0 Å². The Morgan fingerprint density at radius 2 is 2.05 bits per heavy atom. The van der Waals surface area contributed by atoms with E-state index in [0.29, 0.717) is 18.7 Å². The van der Waals surface area contributed by atoms with Crippen LogP contribution in [-0.2, 0) is 4.79 Å². The SMILES string of the molecule is CCCCN(CCNC(=O)c1cccc(Br)c1)C(C)=O. The third-order valence-electron chi connectivity index (χ3n) is 2.98. The molecular formula is C15H21BrN2O2. The summed E-state index contributed by atoms with van der Waals surface area (Å²) in [5.41, 5.74) is 0.613. The summed E-state index contributed by atoms with van der Waals surface area (Å²) in [5, 5.41) is 2.83. The van der Waals surface area contributed by atoms with Gasteiger partial charge in [0, 0.05) is 36.6 Å². The van der Waals surface area contributed by atoms with E-state index in [2.05, 4.69) is 28.2 Å². The minimum absolute atomic E-state index is 0.0511. The van der Waals surface area contributed by atoms with Crippen LogP contribution in [0.1, 0.15) is 37.0 Å². The molecule has 1 aromatic carbocycles. The molecule has 0 aliphatic rings. The van der Waals surface area contributed by atoms with Gasteiger partial charge in [-0.2, -0.15) is 0 Å². The van der Waals surface area contributed by atoms with Gasteiger partial charge in [0.25, 0.3) is 5.91 Å². The molecule has 20 heavy (non-hydrogen) atoms. The van der Waals surface area contributed by atoms with Gasteiger partial charge in [0.05, 0.1) is 0 Å². The predicted molar refractivity (Wildman–Crippen MR) is 83.6 cm³/mol. The smallest absolute Gasteiger partial charge is 0.251 e. The van der Waals surface area contributed by atoms with Gasteiger partial charge in [-0.05, 0) is 24.6 Å². The van der Waals surface area contributed by atoms with E-state index in [1.165, 1.54) is 0 Å². The topological polar surface area (TPSA) is 49.4 Å². The zero-order valence-electron chi connectivity index (χ0n) is 12.0. The first-order chi connectivity index (χ1) is 9.54. The highest BCUT2D eigenvalue weighted by Crippen LogP contribution is 2.11. The number of rotatable bonds is 7. The quantitative estimate of drug-likeness (QED) is 0.829. The molecule has 0 saturated heterocycles. The number of unbranched alkanes of at least 4 members (excludes halogenated alkanes) is 1. The Kier molecular flexibility index (Phi) is 7.30. The van der Waals surface area contributed by atoms with E-state index in [9.17, 15) is 9.59 Å². The van der Waals surface area contributed by atoms with Crippen molar-refractivity contribution >= 4 is 27.7 Å². The maximum atomic E-state index is 11.9. The lowest BCUT2D eigenvalue weighted by Crippen LogP contribution is -2.38. The third kappa shape index (κ3) is 5.74. The van der Waals surface area contributed by atoms with E-state index in [0.717, 1.165) is 23.9 Å². The van der Waals surface area contributed by atoms with E-state index >= 15 is 0 Å². The Hall–Kier alpha value is -1.36. The Morgan fingerprint density at radius 3 is 2.65 bits per heavy atom. The molecule has 4 nitrogen and oxygen atoms in total. The molecular weight excluding hydrogens is 320 g/mol. The normalized spacial score (nSPS) is 10.2. The zero-order chi connectivity index (χ0) is 15.0. The Labute approximate surface area is 128 Å². The number of amides is 2. The van der Waals surface area contributed by atoms with Crippen LogP contribution in [0.5, 0.6) is 0 Å². The van der Waals surface area contributed by atoms with Crippen molar-refractivity contribution in [1.82, 2.24) is 10.2 Å². The first-order valence-electron chi connectivity index (χ1n) is 6.84. The van der Waals surface area contributed by atoms with Crippen LogP contribution in [-0.4, -0.2) is 36.3 Å².